The molecule has 0 aliphatic heterocycles. The molecule has 1 aromatic carbocycles. The fourth-order valence-electron chi connectivity index (χ4n) is 3.01. The molecule has 0 aromatic heterocycles. The maximum Gasteiger partial charge on any atom is 0.0328 e. The van der Waals surface area contributed by atoms with Crippen LogP contribution in [0.15, 0.2) is 18.2 Å². The van der Waals surface area contributed by atoms with E-state index in [1.54, 1.807) is 0 Å². The van der Waals surface area contributed by atoms with E-state index in [-0.39, 0.29) is 0 Å². The van der Waals surface area contributed by atoms with E-state index in [2.05, 4.69) is 58.1 Å². The van der Waals surface area contributed by atoms with Gasteiger partial charge in [0.1, 0.15) is 0 Å². The van der Waals surface area contributed by atoms with Gasteiger partial charge >= 0.3 is 0 Å². The van der Waals surface area contributed by atoms with Gasteiger partial charge in [-0.3, -0.25) is 0 Å². The number of hydrogen-bond donors (Lipinski definition) is 1. The second kappa shape index (κ2) is 8.37. The van der Waals surface area contributed by atoms with Crippen LogP contribution in [0.2, 0.25) is 0 Å². The van der Waals surface area contributed by atoms with Crippen molar-refractivity contribution in [3.63, 3.8) is 0 Å². The lowest BCUT2D eigenvalue weighted by Gasteiger charge is -2.25. The molecule has 0 fully saturated rings. The molecule has 1 nitrogen and oxygen atoms in total. The molecule has 0 amide bonds. The molecular formula is C18H31N. The highest BCUT2D eigenvalue weighted by Gasteiger charge is 2.17. The molecule has 1 rings (SSSR count). The highest BCUT2D eigenvalue weighted by molar-refractivity contribution is 5.36. The lowest BCUT2D eigenvalue weighted by atomic mass is 9.88. The van der Waals surface area contributed by atoms with Gasteiger partial charge in [-0.25, -0.2) is 0 Å². The van der Waals surface area contributed by atoms with Crippen LogP contribution in [0.3, 0.4) is 0 Å². The van der Waals surface area contributed by atoms with Crippen molar-refractivity contribution in [3.8, 4) is 0 Å². The average molecular weight is 261 g/mol. The first-order valence-corrected chi connectivity index (χ1v) is 7.89. The van der Waals surface area contributed by atoms with Crippen molar-refractivity contribution >= 4 is 0 Å². The van der Waals surface area contributed by atoms with E-state index >= 15 is 0 Å². The van der Waals surface area contributed by atoms with Crippen LogP contribution in [0.5, 0.6) is 0 Å². The average Bonchev–Trinajstić information content (AvgIpc) is 2.35. The second-order valence-electron chi connectivity index (χ2n) is 5.94. The van der Waals surface area contributed by atoms with E-state index in [9.17, 15) is 0 Å². The van der Waals surface area contributed by atoms with Gasteiger partial charge in [0.25, 0.3) is 0 Å². The standard InChI is InChI=1S/C18H31N/c1-6-9-14(3)13-17(19-12-7-2)18-15(4)10-8-11-16(18)5/h8,10-11,14,17,19H,6-7,9,12-13H2,1-5H3. The molecule has 0 aliphatic rings. The zero-order valence-corrected chi connectivity index (χ0v) is 13.4. The van der Waals surface area contributed by atoms with Crippen molar-refractivity contribution in [3.05, 3.63) is 34.9 Å². The maximum atomic E-state index is 3.76. The van der Waals surface area contributed by atoms with Gasteiger partial charge in [-0.1, -0.05) is 51.8 Å². The third-order valence-electron chi connectivity index (χ3n) is 3.95. The summed E-state index contributed by atoms with van der Waals surface area (Å²) < 4.78 is 0. The van der Waals surface area contributed by atoms with Crippen LogP contribution in [0.4, 0.5) is 0 Å². The summed E-state index contributed by atoms with van der Waals surface area (Å²) in [4.78, 5) is 0. The van der Waals surface area contributed by atoms with Gasteiger partial charge in [0.2, 0.25) is 0 Å². The third kappa shape index (κ3) is 4.99. The smallest absolute Gasteiger partial charge is 0.0328 e. The van der Waals surface area contributed by atoms with E-state index in [4.69, 9.17) is 0 Å². The molecule has 0 saturated heterocycles. The fourth-order valence-corrected chi connectivity index (χ4v) is 3.01. The van der Waals surface area contributed by atoms with Gasteiger partial charge in [0, 0.05) is 6.04 Å². The molecule has 108 valence electrons. The topological polar surface area (TPSA) is 12.0 Å². The van der Waals surface area contributed by atoms with E-state index < -0.39 is 0 Å². The highest BCUT2D eigenvalue weighted by atomic mass is 14.9. The fraction of sp³-hybridized carbons (Fsp3) is 0.667. The number of nitrogens with one attached hydrogen (secondary N) is 1. The Bertz CT molecular complexity index is 350. The molecule has 19 heavy (non-hydrogen) atoms. The lowest BCUT2D eigenvalue weighted by molar-refractivity contribution is 0.388. The van der Waals surface area contributed by atoms with Crippen molar-refractivity contribution in [2.24, 2.45) is 5.92 Å². The highest BCUT2D eigenvalue weighted by Crippen LogP contribution is 2.28. The molecule has 1 aromatic rings. The third-order valence-corrected chi connectivity index (χ3v) is 3.95. The largest absolute Gasteiger partial charge is 0.310 e. The van der Waals surface area contributed by atoms with Crippen LogP contribution in [0.25, 0.3) is 0 Å². The van der Waals surface area contributed by atoms with Crippen molar-refractivity contribution in [2.75, 3.05) is 6.54 Å². The zero-order chi connectivity index (χ0) is 14.3. The minimum atomic E-state index is 0.516. The maximum absolute atomic E-state index is 3.76. The van der Waals surface area contributed by atoms with Crippen LogP contribution >= 0.6 is 0 Å². The minimum absolute atomic E-state index is 0.516. The normalized spacial score (nSPS) is 14.4. The molecule has 0 spiro atoms. The Morgan fingerprint density at radius 1 is 1.05 bits per heavy atom. The molecule has 2 atom stereocenters. The van der Waals surface area contributed by atoms with Gasteiger partial charge < -0.3 is 5.32 Å². The number of hydrogen-bond acceptors (Lipinski definition) is 1. The van der Waals surface area contributed by atoms with Crippen LogP contribution in [-0.4, -0.2) is 6.54 Å². The summed E-state index contributed by atoms with van der Waals surface area (Å²) >= 11 is 0. The van der Waals surface area contributed by atoms with E-state index in [0.717, 1.165) is 12.5 Å². The first-order valence-electron chi connectivity index (χ1n) is 7.89. The van der Waals surface area contributed by atoms with Crippen molar-refractivity contribution in [1.82, 2.24) is 5.32 Å². The molecule has 0 aliphatic carbocycles. The SMILES string of the molecule is CCCNC(CC(C)CCC)c1c(C)cccc1C. The summed E-state index contributed by atoms with van der Waals surface area (Å²) in [5.41, 5.74) is 4.38. The van der Waals surface area contributed by atoms with Crippen LogP contribution in [0.1, 0.15) is 69.2 Å². The van der Waals surface area contributed by atoms with Crippen molar-refractivity contribution in [1.29, 1.82) is 0 Å². The Morgan fingerprint density at radius 3 is 2.21 bits per heavy atom. The van der Waals surface area contributed by atoms with E-state index in [1.165, 1.54) is 42.4 Å². The quantitative estimate of drug-likeness (QED) is 0.680. The van der Waals surface area contributed by atoms with Crippen molar-refractivity contribution < 1.29 is 0 Å². The predicted octanol–water partition coefficient (Wildman–Crippen LogP) is 5.17. The monoisotopic (exact) mass is 261 g/mol. The summed E-state index contributed by atoms with van der Waals surface area (Å²) in [7, 11) is 0. The molecule has 1 N–H and O–H groups in total. The summed E-state index contributed by atoms with van der Waals surface area (Å²) in [6.45, 7) is 12.5. The van der Waals surface area contributed by atoms with Gasteiger partial charge in [-0.05, 0) is 55.8 Å². The van der Waals surface area contributed by atoms with Gasteiger partial charge in [0.15, 0.2) is 0 Å². The Balaban J connectivity index is 2.89. The molecule has 0 radical (unpaired) electrons. The van der Waals surface area contributed by atoms with Crippen LogP contribution in [0, 0.1) is 19.8 Å². The van der Waals surface area contributed by atoms with Gasteiger partial charge in [-0.15, -0.1) is 0 Å². The minimum Gasteiger partial charge on any atom is -0.310 e. The first kappa shape index (κ1) is 16.2. The first-order chi connectivity index (χ1) is 9.10. The summed E-state index contributed by atoms with van der Waals surface area (Å²) in [5.74, 6) is 0.790. The molecule has 1 heteroatoms. The van der Waals surface area contributed by atoms with E-state index in [1.807, 2.05) is 0 Å². The molecular weight excluding hydrogens is 230 g/mol. The summed E-state index contributed by atoms with van der Waals surface area (Å²) in [6, 6.07) is 7.17. The zero-order valence-electron chi connectivity index (χ0n) is 13.4. The lowest BCUT2D eigenvalue weighted by Crippen LogP contribution is -2.25. The Kier molecular flexibility index (Phi) is 7.15. The van der Waals surface area contributed by atoms with Gasteiger partial charge in [0.05, 0.1) is 0 Å². The molecule has 0 saturated carbocycles. The van der Waals surface area contributed by atoms with Crippen LogP contribution < -0.4 is 5.32 Å². The number of rotatable bonds is 8. The number of aryl methyl sites for hydroxylation is 2. The van der Waals surface area contributed by atoms with E-state index in [0.29, 0.717) is 6.04 Å². The Labute approximate surface area is 119 Å². The van der Waals surface area contributed by atoms with Crippen LogP contribution in [-0.2, 0) is 0 Å². The Hall–Kier alpha value is -0.820. The molecule has 0 heterocycles. The summed E-state index contributed by atoms with van der Waals surface area (Å²) in [6.07, 6.45) is 5.06. The predicted molar refractivity (Wildman–Crippen MR) is 85.6 cm³/mol. The summed E-state index contributed by atoms with van der Waals surface area (Å²) in [5, 5.41) is 3.76. The van der Waals surface area contributed by atoms with Gasteiger partial charge in [-0.2, -0.15) is 0 Å². The Morgan fingerprint density at radius 2 is 1.68 bits per heavy atom. The molecule has 0 bridgehead atoms. The van der Waals surface area contributed by atoms with Crippen molar-refractivity contribution in [2.45, 2.75) is 66.3 Å². The second-order valence-corrected chi connectivity index (χ2v) is 5.94. The molecule has 2 unspecified atom stereocenters. The number of benzene rings is 1.